The van der Waals surface area contributed by atoms with E-state index in [1.165, 1.54) is 29.5 Å². The molecule has 2 aromatic heterocycles. The van der Waals surface area contributed by atoms with Crippen LogP contribution in [0.2, 0.25) is 0 Å². The lowest BCUT2D eigenvalue weighted by molar-refractivity contribution is -0.117. The van der Waals surface area contributed by atoms with E-state index in [9.17, 15) is 9.18 Å². The van der Waals surface area contributed by atoms with Gasteiger partial charge in [-0.3, -0.25) is 4.79 Å². The molecule has 30 heavy (non-hydrogen) atoms. The van der Waals surface area contributed by atoms with Gasteiger partial charge in [0.15, 0.2) is 0 Å². The molecule has 1 amide bonds. The number of hydrogen-bond donors (Lipinski definition) is 1. The molecule has 0 saturated heterocycles. The highest BCUT2D eigenvalue weighted by Crippen LogP contribution is 2.24. The molecule has 2 aromatic carbocycles. The van der Waals surface area contributed by atoms with Gasteiger partial charge in [-0.1, -0.05) is 12.1 Å². The first-order valence-electron chi connectivity index (χ1n) is 9.37. The van der Waals surface area contributed by atoms with E-state index in [1.54, 1.807) is 30.7 Å². The van der Waals surface area contributed by atoms with Gasteiger partial charge in [0.25, 0.3) is 0 Å². The molecule has 0 saturated carbocycles. The summed E-state index contributed by atoms with van der Waals surface area (Å²) in [7, 11) is 0. The van der Waals surface area contributed by atoms with Gasteiger partial charge in [0, 0.05) is 35.1 Å². The molecular formula is C23H19FN4OS. The van der Waals surface area contributed by atoms with Crippen molar-refractivity contribution >= 4 is 23.3 Å². The Morgan fingerprint density at radius 3 is 2.63 bits per heavy atom. The molecule has 1 N–H and O–H groups in total. The molecule has 0 aliphatic carbocycles. The van der Waals surface area contributed by atoms with Crippen LogP contribution in [0.1, 0.15) is 24.2 Å². The zero-order valence-corrected chi connectivity index (χ0v) is 17.0. The van der Waals surface area contributed by atoms with Crippen molar-refractivity contribution in [3.63, 3.8) is 0 Å². The Labute approximate surface area is 177 Å². The van der Waals surface area contributed by atoms with Crippen molar-refractivity contribution in [3.8, 4) is 16.3 Å². The van der Waals surface area contributed by atoms with Gasteiger partial charge in [-0.25, -0.2) is 14.4 Å². The molecule has 2 heterocycles. The SMILES string of the molecule is C[C@H](NC(=O)/C=C/c1csc(-c2ccc(F)cc2)n1)c1ccc(-n2ccnc2)cc1. The molecule has 0 aliphatic rings. The van der Waals surface area contributed by atoms with E-state index in [4.69, 9.17) is 0 Å². The number of halogens is 1. The number of benzene rings is 2. The van der Waals surface area contributed by atoms with Gasteiger partial charge in [0.05, 0.1) is 18.1 Å². The van der Waals surface area contributed by atoms with Crippen LogP contribution in [-0.4, -0.2) is 20.4 Å². The number of carbonyl (C=O) groups excluding carboxylic acids is 1. The molecule has 150 valence electrons. The molecule has 0 bridgehead atoms. The van der Waals surface area contributed by atoms with Crippen molar-refractivity contribution < 1.29 is 9.18 Å². The first-order valence-corrected chi connectivity index (χ1v) is 10.2. The molecular weight excluding hydrogens is 399 g/mol. The second kappa shape index (κ2) is 8.84. The minimum atomic E-state index is -0.280. The Hall–Kier alpha value is -3.58. The van der Waals surface area contributed by atoms with Gasteiger partial charge in [-0.2, -0.15) is 0 Å². The number of hydrogen-bond acceptors (Lipinski definition) is 4. The van der Waals surface area contributed by atoms with Crippen molar-refractivity contribution in [3.05, 3.63) is 95.8 Å². The van der Waals surface area contributed by atoms with Gasteiger partial charge in [-0.05, 0) is 55.0 Å². The highest BCUT2D eigenvalue weighted by atomic mass is 32.1. The predicted molar refractivity (Wildman–Crippen MR) is 117 cm³/mol. The summed E-state index contributed by atoms with van der Waals surface area (Å²) in [6, 6.07) is 14.0. The number of thiazole rings is 1. The molecule has 1 atom stereocenters. The van der Waals surface area contributed by atoms with Crippen LogP contribution in [0.25, 0.3) is 22.3 Å². The van der Waals surface area contributed by atoms with E-state index in [2.05, 4.69) is 15.3 Å². The summed E-state index contributed by atoms with van der Waals surface area (Å²) in [5, 5.41) is 5.60. The number of nitrogens with one attached hydrogen (secondary N) is 1. The maximum Gasteiger partial charge on any atom is 0.244 e. The monoisotopic (exact) mass is 418 g/mol. The van der Waals surface area contributed by atoms with Crippen molar-refractivity contribution in [1.29, 1.82) is 0 Å². The largest absolute Gasteiger partial charge is 0.346 e. The van der Waals surface area contributed by atoms with E-state index in [0.29, 0.717) is 5.69 Å². The molecule has 4 rings (SSSR count). The van der Waals surface area contributed by atoms with Crippen LogP contribution in [0.15, 0.2) is 78.7 Å². The molecule has 0 spiro atoms. The number of nitrogens with zero attached hydrogens (tertiary/aromatic N) is 3. The summed E-state index contributed by atoms with van der Waals surface area (Å²) < 4.78 is 15.0. The lowest BCUT2D eigenvalue weighted by Crippen LogP contribution is -2.24. The molecule has 5 nitrogen and oxygen atoms in total. The van der Waals surface area contributed by atoms with Crippen molar-refractivity contribution in [2.24, 2.45) is 0 Å². The normalized spacial score (nSPS) is 12.2. The topological polar surface area (TPSA) is 59.8 Å². The lowest BCUT2D eigenvalue weighted by Gasteiger charge is -2.13. The minimum Gasteiger partial charge on any atom is -0.346 e. The summed E-state index contributed by atoms with van der Waals surface area (Å²) in [5.74, 6) is -0.477. The van der Waals surface area contributed by atoms with E-state index >= 15 is 0 Å². The van der Waals surface area contributed by atoms with E-state index < -0.39 is 0 Å². The fourth-order valence-corrected chi connectivity index (χ4v) is 3.73. The molecule has 0 fully saturated rings. The number of amides is 1. The zero-order chi connectivity index (χ0) is 20.9. The van der Waals surface area contributed by atoms with E-state index in [1.807, 2.05) is 47.3 Å². The van der Waals surface area contributed by atoms with Crippen LogP contribution >= 0.6 is 11.3 Å². The number of carbonyl (C=O) groups is 1. The third-order valence-electron chi connectivity index (χ3n) is 4.57. The summed E-state index contributed by atoms with van der Waals surface area (Å²) in [5.41, 5.74) is 3.55. The molecule has 0 radical (unpaired) electrons. The molecule has 0 unspecified atom stereocenters. The Bertz CT molecular complexity index is 1150. The zero-order valence-electron chi connectivity index (χ0n) is 16.2. The fraction of sp³-hybridized carbons (Fsp3) is 0.0870. The third-order valence-corrected chi connectivity index (χ3v) is 5.48. The minimum absolute atomic E-state index is 0.135. The summed E-state index contributed by atoms with van der Waals surface area (Å²) in [4.78, 5) is 20.8. The predicted octanol–water partition coefficient (Wildman–Crippen LogP) is 5.03. The summed E-state index contributed by atoms with van der Waals surface area (Å²) in [6.07, 6.45) is 8.50. The fourth-order valence-electron chi connectivity index (χ4n) is 2.94. The number of aromatic nitrogens is 3. The van der Waals surface area contributed by atoms with E-state index in [-0.39, 0.29) is 17.8 Å². The van der Waals surface area contributed by atoms with Crippen LogP contribution in [0.4, 0.5) is 4.39 Å². The first-order chi connectivity index (χ1) is 14.6. The van der Waals surface area contributed by atoms with Gasteiger partial charge in [0.2, 0.25) is 5.91 Å². The Balaban J connectivity index is 1.36. The van der Waals surface area contributed by atoms with Gasteiger partial charge >= 0.3 is 0 Å². The van der Waals surface area contributed by atoms with Gasteiger partial charge in [-0.15, -0.1) is 11.3 Å². The molecule has 7 heteroatoms. The van der Waals surface area contributed by atoms with Crippen LogP contribution < -0.4 is 5.32 Å². The second-order valence-corrected chi connectivity index (χ2v) is 7.57. The van der Waals surface area contributed by atoms with Crippen molar-refractivity contribution in [2.45, 2.75) is 13.0 Å². The molecule has 4 aromatic rings. The first kappa shape index (κ1) is 19.7. The van der Waals surface area contributed by atoms with Crippen LogP contribution in [0, 0.1) is 5.82 Å². The number of imidazole rings is 1. The van der Waals surface area contributed by atoms with Crippen LogP contribution in [0.5, 0.6) is 0 Å². The average Bonchev–Trinajstić information content (AvgIpc) is 3.45. The van der Waals surface area contributed by atoms with Crippen LogP contribution in [0.3, 0.4) is 0 Å². The smallest absolute Gasteiger partial charge is 0.244 e. The van der Waals surface area contributed by atoms with Crippen LogP contribution in [-0.2, 0) is 4.79 Å². The summed E-state index contributed by atoms with van der Waals surface area (Å²) >= 11 is 1.45. The quantitative estimate of drug-likeness (QED) is 0.447. The Kier molecular flexibility index (Phi) is 5.81. The number of rotatable bonds is 6. The Morgan fingerprint density at radius 1 is 1.17 bits per heavy atom. The average molecular weight is 418 g/mol. The van der Waals surface area contributed by atoms with Crippen molar-refractivity contribution in [1.82, 2.24) is 19.9 Å². The highest BCUT2D eigenvalue weighted by Gasteiger charge is 2.09. The standard InChI is InChI=1S/C23H19FN4OS/c1-16(17-4-9-21(10-5-17)28-13-12-25-15-28)26-22(29)11-8-20-14-30-23(27-20)18-2-6-19(24)7-3-18/h2-16H,1H3,(H,26,29)/b11-8+/t16-/m0/s1. The summed E-state index contributed by atoms with van der Waals surface area (Å²) in [6.45, 7) is 1.94. The maximum atomic E-state index is 13.1. The van der Waals surface area contributed by atoms with Crippen molar-refractivity contribution in [2.75, 3.05) is 0 Å². The third kappa shape index (κ3) is 4.69. The molecule has 0 aliphatic heterocycles. The van der Waals surface area contributed by atoms with E-state index in [0.717, 1.165) is 21.8 Å². The Morgan fingerprint density at radius 2 is 1.93 bits per heavy atom. The second-order valence-electron chi connectivity index (χ2n) is 6.71. The maximum absolute atomic E-state index is 13.1. The highest BCUT2D eigenvalue weighted by molar-refractivity contribution is 7.13. The van der Waals surface area contributed by atoms with Gasteiger partial charge < -0.3 is 9.88 Å². The lowest BCUT2D eigenvalue weighted by atomic mass is 10.1. The van der Waals surface area contributed by atoms with Gasteiger partial charge in [0.1, 0.15) is 10.8 Å².